The molecule has 0 aliphatic heterocycles. The molecule has 5 nitrogen and oxygen atoms in total. The molecule has 27 heavy (non-hydrogen) atoms. The van der Waals surface area contributed by atoms with Crippen LogP contribution in [-0.4, -0.2) is 29.6 Å². The van der Waals surface area contributed by atoms with E-state index in [0.717, 1.165) is 22.4 Å². The smallest absolute Gasteiger partial charge is 0.341 e. The molecule has 0 aromatic heterocycles. The third kappa shape index (κ3) is 5.37. The summed E-state index contributed by atoms with van der Waals surface area (Å²) in [6.45, 7) is -0.366. The van der Waals surface area contributed by atoms with Crippen molar-refractivity contribution < 1.29 is 14.6 Å². The Morgan fingerprint density at radius 2 is 1.41 bits per heavy atom. The number of hydrogen-bond donors (Lipinski definition) is 1. The number of aliphatic carboxylic acids is 1. The van der Waals surface area contributed by atoms with Gasteiger partial charge in [0, 0.05) is 11.1 Å². The van der Waals surface area contributed by atoms with Gasteiger partial charge in [-0.05, 0) is 29.8 Å². The first-order valence-electron chi connectivity index (χ1n) is 8.39. The normalized spacial score (nSPS) is 10.5. The molecule has 0 aliphatic rings. The van der Waals surface area contributed by atoms with Gasteiger partial charge in [-0.2, -0.15) is 5.10 Å². The van der Waals surface area contributed by atoms with Gasteiger partial charge in [0.1, 0.15) is 11.5 Å². The number of ether oxygens (including phenoxy) is 1. The van der Waals surface area contributed by atoms with Crippen molar-refractivity contribution in [1.82, 2.24) is 0 Å². The Bertz CT molecular complexity index is 893. The van der Waals surface area contributed by atoms with Crippen molar-refractivity contribution in [3.8, 4) is 5.75 Å². The maximum Gasteiger partial charge on any atom is 0.341 e. The Labute approximate surface area is 157 Å². The van der Waals surface area contributed by atoms with Gasteiger partial charge in [-0.3, -0.25) is 0 Å². The molecule has 0 unspecified atom stereocenters. The number of carboxylic acids is 1. The minimum Gasteiger partial charge on any atom is -0.482 e. The molecule has 3 aromatic carbocycles. The van der Waals surface area contributed by atoms with Gasteiger partial charge in [0.25, 0.3) is 0 Å². The summed E-state index contributed by atoms with van der Waals surface area (Å²) in [4.78, 5) is 10.5. The van der Waals surface area contributed by atoms with Gasteiger partial charge >= 0.3 is 5.97 Å². The first kappa shape index (κ1) is 18.1. The van der Waals surface area contributed by atoms with E-state index in [-0.39, 0.29) is 6.61 Å². The van der Waals surface area contributed by atoms with Crippen LogP contribution in [0.5, 0.6) is 5.75 Å². The molecule has 0 atom stereocenters. The molecule has 0 amide bonds. The zero-order valence-corrected chi connectivity index (χ0v) is 14.5. The van der Waals surface area contributed by atoms with Crippen LogP contribution in [0.1, 0.15) is 16.7 Å². The van der Waals surface area contributed by atoms with Gasteiger partial charge in [0.05, 0.1) is 6.21 Å². The molecule has 3 rings (SSSR count). The summed E-state index contributed by atoms with van der Waals surface area (Å²) < 4.78 is 5.11. The number of rotatable bonds is 7. The Morgan fingerprint density at radius 1 is 0.852 bits per heavy atom. The molecule has 0 heterocycles. The highest BCUT2D eigenvalue weighted by molar-refractivity contribution is 6.12. The lowest BCUT2D eigenvalue weighted by atomic mass is 10.0. The number of nitrogens with zero attached hydrogens (tertiary/aromatic N) is 2. The summed E-state index contributed by atoms with van der Waals surface area (Å²) in [5, 5.41) is 17.3. The second kappa shape index (κ2) is 9.10. The number of carbonyl (C=O) groups is 1. The van der Waals surface area contributed by atoms with Crippen LogP contribution in [0.15, 0.2) is 95.1 Å². The summed E-state index contributed by atoms with van der Waals surface area (Å²) >= 11 is 0. The van der Waals surface area contributed by atoms with Crippen molar-refractivity contribution in [2.24, 2.45) is 10.2 Å². The third-order valence-electron chi connectivity index (χ3n) is 3.70. The van der Waals surface area contributed by atoms with Gasteiger partial charge in [-0.25, -0.2) is 4.79 Å². The molecule has 134 valence electrons. The Balaban J connectivity index is 1.79. The topological polar surface area (TPSA) is 71.2 Å². The van der Waals surface area contributed by atoms with Crippen molar-refractivity contribution in [3.63, 3.8) is 0 Å². The summed E-state index contributed by atoms with van der Waals surface area (Å²) in [6.07, 6.45) is 1.65. The standard InChI is InChI=1S/C22H18N2O3/c25-21(26)16-27-20-13-11-17(12-14-20)15-23-24-22(18-7-3-1-4-8-18)19-9-5-2-6-10-19/h1-15H,16H2,(H,25,26)/b23-15-. The van der Waals surface area contributed by atoms with E-state index in [2.05, 4.69) is 10.2 Å². The average molecular weight is 358 g/mol. The van der Waals surface area contributed by atoms with Crippen molar-refractivity contribution in [3.05, 3.63) is 102 Å². The zero-order valence-electron chi connectivity index (χ0n) is 14.5. The lowest BCUT2D eigenvalue weighted by Gasteiger charge is -2.05. The molecule has 0 radical (unpaired) electrons. The highest BCUT2D eigenvalue weighted by Crippen LogP contribution is 2.13. The SMILES string of the molecule is O=C(O)COc1ccc(/C=N\N=C(c2ccccc2)c2ccccc2)cc1. The van der Waals surface area contributed by atoms with E-state index in [1.165, 1.54) is 0 Å². The second-order valence-electron chi connectivity index (χ2n) is 5.68. The number of benzene rings is 3. The molecule has 0 fully saturated rings. The summed E-state index contributed by atoms with van der Waals surface area (Å²) in [6, 6.07) is 26.8. The highest BCUT2D eigenvalue weighted by Gasteiger charge is 2.05. The van der Waals surface area contributed by atoms with E-state index < -0.39 is 5.97 Å². The predicted molar refractivity (Wildman–Crippen MR) is 106 cm³/mol. The third-order valence-corrected chi connectivity index (χ3v) is 3.70. The lowest BCUT2D eigenvalue weighted by molar-refractivity contribution is -0.139. The van der Waals surface area contributed by atoms with Gasteiger partial charge in [0.2, 0.25) is 0 Å². The van der Waals surface area contributed by atoms with Gasteiger partial charge in [-0.1, -0.05) is 60.7 Å². The first-order chi connectivity index (χ1) is 13.2. The first-order valence-corrected chi connectivity index (χ1v) is 8.39. The predicted octanol–water partition coefficient (Wildman–Crippen LogP) is 4.02. The van der Waals surface area contributed by atoms with E-state index in [9.17, 15) is 4.79 Å². The largest absolute Gasteiger partial charge is 0.482 e. The van der Waals surface area contributed by atoms with Crippen LogP contribution in [0, 0.1) is 0 Å². The van der Waals surface area contributed by atoms with E-state index in [0.29, 0.717) is 5.75 Å². The molecule has 3 aromatic rings. The number of hydrogen-bond acceptors (Lipinski definition) is 4. The quantitative estimate of drug-likeness (QED) is 0.512. The van der Waals surface area contributed by atoms with Crippen molar-refractivity contribution in [2.45, 2.75) is 0 Å². The van der Waals surface area contributed by atoms with Crippen LogP contribution in [-0.2, 0) is 4.79 Å². The summed E-state index contributed by atoms with van der Waals surface area (Å²) in [5.41, 5.74) is 3.59. The fourth-order valence-corrected chi connectivity index (χ4v) is 2.42. The Morgan fingerprint density at radius 3 is 1.93 bits per heavy atom. The molecule has 0 spiro atoms. The number of carboxylic acid groups (broad SMARTS) is 1. The Kier molecular flexibility index (Phi) is 6.09. The molecular formula is C22H18N2O3. The van der Waals surface area contributed by atoms with Crippen LogP contribution in [0.4, 0.5) is 0 Å². The lowest BCUT2D eigenvalue weighted by Crippen LogP contribution is -2.09. The molecule has 0 saturated carbocycles. The molecule has 0 bridgehead atoms. The van der Waals surface area contributed by atoms with E-state index >= 15 is 0 Å². The van der Waals surface area contributed by atoms with Gasteiger partial charge in [0.15, 0.2) is 6.61 Å². The van der Waals surface area contributed by atoms with Crippen LogP contribution in [0.2, 0.25) is 0 Å². The minimum absolute atomic E-state index is 0.366. The van der Waals surface area contributed by atoms with E-state index in [4.69, 9.17) is 9.84 Å². The van der Waals surface area contributed by atoms with Crippen LogP contribution in [0.25, 0.3) is 0 Å². The zero-order chi connectivity index (χ0) is 18.9. The molecule has 1 N–H and O–H groups in total. The fourth-order valence-electron chi connectivity index (χ4n) is 2.42. The fraction of sp³-hybridized carbons (Fsp3) is 0.0455. The maximum atomic E-state index is 10.5. The van der Waals surface area contributed by atoms with Crippen LogP contribution in [0.3, 0.4) is 0 Å². The molecule has 0 aliphatic carbocycles. The highest BCUT2D eigenvalue weighted by atomic mass is 16.5. The minimum atomic E-state index is -1.01. The van der Waals surface area contributed by atoms with Crippen LogP contribution < -0.4 is 4.74 Å². The molecular weight excluding hydrogens is 340 g/mol. The van der Waals surface area contributed by atoms with Crippen molar-refractivity contribution >= 4 is 17.9 Å². The van der Waals surface area contributed by atoms with Crippen LogP contribution >= 0.6 is 0 Å². The van der Waals surface area contributed by atoms with E-state index in [1.54, 1.807) is 30.5 Å². The van der Waals surface area contributed by atoms with Crippen molar-refractivity contribution in [1.29, 1.82) is 0 Å². The molecule has 0 saturated heterocycles. The van der Waals surface area contributed by atoms with E-state index in [1.807, 2.05) is 60.7 Å². The monoisotopic (exact) mass is 358 g/mol. The van der Waals surface area contributed by atoms with Crippen molar-refractivity contribution in [2.75, 3.05) is 6.61 Å². The average Bonchev–Trinajstić information content (AvgIpc) is 2.72. The molecule has 5 heteroatoms. The maximum absolute atomic E-state index is 10.5. The Hall–Kier alpha value is -3.73. The van der Waals surface area contributed by atoms with Gasteiger partial charge in [-0.15, -0.1) is 5.10 Å². The summed E-state index contributed by atoms with van der Waals surface area (Å²) in [7, 11) is 0. The summed E-state index contributed by atoms with van der Waals surface area (Å²) in [5.74, 6) is -0.517. The van der Waals surface area contributed by atoms with Gasteiger partial charge < -0.3 is 9.84 Å². The second-order valence-corrected chi connectivity index (χ2v) is 5.68.